The van der Waals surface area contributed by atoms with Crippen molar-refractivity contribution in [3.63, 3.8) is 0 Å². The highest BCUT2D eigenvalue weighted by Gasteiger charge is 2.28. The summed E-state index contributed by atoms with van der Waals surface area (Å²) in [6.07, 6.45) is 0. The second kappa shape index (κ2) is 8.48. The molecule has 1 amide bonds. The maximum atomic E-state index is 13.1. The number of nitrogens with zero attached hydrogens (tertiary/aromatic N) is 1. The van der Waals surface area contributed by atoms with E-state index in [9.17, 15) is 4.79 Å². The molecule has 3 rings (SSSR count). The van der Waals surface area contributed by atoms with Gasteiger partial charge in [-0.3, -0.25) is 10.1 Å². The van der Waals surface area contributed by atoms with Crippen LogP contribution in [0.3, 0.4) is 0 Å². The van der Waals surface area contributed by atoms with Crippen molar-refractivity contribution in [1.29, 1.82) is 0 Å². The molecule has 0 bridgehead atoms. The molecular weight excluding hydrogens is 336 g/mol. The van der Waals surface area contributed by atoms with Crippen molar-refractivity contribution < 1.29 is 9.53 Å². The Labute approximate surface area is 153 Å². The van der Waals surface area contributed by atoms with Gasteiger partial charge in [0.05, 0.1) is 13.2 Å². The van der Waals surface area contributed by atoms with Crippen LogP contribution in [0, 0.1) is 0 Å². The molecule has 0 saturated carbocycles. The van der Waals surface area contributed by atoms with E-state index in [0.717, 1.165) is 11.1 Å². The van der Waals surface area contributed by atoms with Gasteiger partial charge in [-0.1, -0.05) is 60.1 Å². The number of ether oxygens (including phenoxy) is 1. The molecule has 1 fully saturated rings. The molecule has 0 spiro atoms. The van der Waals surface area contributed by atoms with Crippen LogP contribution < -0.4 is 5.32 Å². The Hall–Kier alpha value is -1.88. The molecule has 132 valence electrons. The highest BCUT2D eigenvalue weighted by atomic mass is 35.5. The number of halogens is 1. The first-order valence-electron chi connectivity index (χ1n) is 8.59. The zero-order valence-corrected chi connectivity index (χ0v) is 15.1. The lowest BCUT2D eigenvalue weighted by Gasteiger charge is -2.32. The van der Waals surface area contributed by atoms with E-state index in [0.29, 0.717) is 31.3 Å². The van der Waals surface area contributed by atoms with Crippen LogP contribution in [0.1, 0.15) is 30.1 Å². The van der Waals surface area contributed by atoms with Gasteiger partial charge in [-0.2, -0.15) is 0 Å². The normalized spacial score (nSPS) is 17.1. The Morgan fingerprint density at radius 1 is 1.08 bits per heavy atom. The summed E-state index contributed by atoms with van der Waals surface area (Å²) in [7, 11) is 0. The number of carbonyl (C=O) groups excluding carboxylic acids is 1. The quantitative estimate of drug-likeness (QED) is 0.888. The highest BCUT2D eigenvalue weighted by Crippen LogP contribution is 2.26. The molecule has 1 N–H and O–H groups in total. The van der Waals surface area contributed by atoms with E-state index in [1.54, 1.807) is 0 Å². The van der Waals surface area contributed by atoms with E-state index in [1.165, 1.54) is 0 Å². The maximum absolute atomic E-state index is 13.1. The summed E-state index contributed by atoms with van der Waals surface area (Å²) in [6, 6.07) is 17.1. The monoisotopic (exact) mass is 358 g/mol. The Morgan fingerprint density at radius 2 is 1.72 bits per heavy atom. The van der Waals surface area contributed by atoms with Crippen molar-refractivity contribution in [3.05, 3.63) is 70.7 Å². The topological polar surface area (TPSA) is 41.6 Å². The van der Waals surface area contributed by atoms with Crippen LogP contribution >= 0.6 is 11.6 Å². The summed E-state index contributed by atoms with van der Waals surface area (Å²) in [5.41, 5.74) is 1.94. The number of carbonyl (C=O) groups is 1. The number of nitrogens with one attached hydrogen (secondary N) is 1. The van der Waals surface area contributed by atoms with Crippen molar-refractivity contribution in [2.75, 3.05) is 26.3 Å². The first kappa shape index (κ1) is 17.9. The number of morpholine rings is 1. The van der Waals surface area contributed by atoms with Gasteiger partial charge in [-0.15, -0.1) is 0 Å². The van der Waals surface area contributed by atoms with Crippen molar-refractivity contribution >= 4 is 17.5 Å². The van der Waals surface area contributed by atoms with Crippen molar-refractivity contribution in [2.24, 2.45) is 0 Å². The molecule has 2 unspecified atom stereocenters. The van der Waals surface area contributed by atoms with Gasteiger partial charge in [0.15, 0.2) is 0 Å². The predicted octanol–water partition coefficient (Wildman–Crippen LogP) is 3.59. The van der Waals surface area contributed by atoms with Gasteiger partial charge in [0, 0.05) is 24.2 Å². The molecule has 25 heavy (non-hydrogen) atoms. The van der Waals surface area contributed by atoms with E-state index < -0.39 is 6.04 Å². The average molecular weight is 359 g/mol. The SMILES string of the molecule is CC(NC(C(=O)N1CCOCC1)c1ccccc1)c1ccccc1Cl. The number of amides is 1. The number of benzene rings is 2. The molecule has 0 radical (unpaired) electrons. The minimum atomic E-state index is -0.412. The number of hydrogen-bond donors (Lipinski definition) is 1. The molecule has 2 aromatic carbocycles. The van der Waals surface area contributed by atoms with Gasteiger partial charge in [0.25, 0.3) is 0 Å². The highest BCUT2D eigenvalue weighted by molar-refractivity contribution is 6.31. The fourth-order valence-electron chi connectivity index (χ4n) is 3.09. The first-order valence-corrected chi connectivity index (χ1v) is 8.96. The lowest BCUT2D eigenvalue weighted by Crippen LogP contribution is -2.46. The first-order chi connectivity index (χ1) is 12.2. The van der Waals surface area contributed by atoms with E-state index in [4.69, 9.17) is 16.3 Å². The summed E-state index contributed by atoms with van der Waals surface area (Å²) in [6.45, 7) is 4.47. The fraction of sp³-hybridized carbons (Fsp3) is 0.350. The van der Waals surface area contributed by atoms with Crippen LogP contribution in [-0.2, 0) is 9.53 Å². The zero-order valence-electron chi connectivity index (χ0n) is 14.3. The molecule has 0 aliphatic carbocycles. The molecule has 4 nitrogen and oxygen atoms in total. The van der Waals surface area contributed by atoms with Crippen molar-refractivity contribution in [2.45, 2.75) is 19.0 Å². The molecule has 1 aliphatic heterocycles. The van der Waals surface area contributed by atoms with Gasteiger partial charge in [-0.05, 0) is 24.1 Å². The predicted molar refractivity (Wildman–Crippen MR) is 99.6 cm³/mol. The Balaban J connectivity index is 1.84. The van der Waals surface area contributed by atoms with Crippen LogP contribution in [0.25, 0.3) is 0 Å². The molecule has 1 aliphatic rings. The standard InChI is InChI=1S/C20H23ClN2O2/c1-15(17-9-5-6-10-18(17)21)22-19(16-7-3-2-4-8-16)20(24)23-11-13-25-14-12-23/h2-10,15,19,22H,11-14H2,1H3. The zero-order chi connectivity index (χ0) is 17.6. The van der Waals surface area contributed by atoms with Crippen LogP contribution in [-0.4, -0.2) is 37.1 Å². The largest absolute Gasteiger partial charge is 0.378 e. The second-order valence-electron chi connectivity index (χ2n) is 6.19. The summed E-state index contributed by atoms with van der Waals surface area (Å²) < 4.78 is 5.37. The van der Waals surface area contributed by atoms with E-state index in [1.807, 2.05) is 66.4 Å². The van der Waals surface area contributed by atoms with Crippen LogP contribution in [0.2, 0.25) is 5.02 Å². The van der Waals surface area contributed by atoms with Gasteiger partial charge >= 0.3 is 0 Å². The van der Waals surface area contributed by atoms with Crippen LogP contribution in [0.4, 0.5) is 0 Å². The van der Waals surface area contributed by atoms with Crippen LogP contribution in [0.15, 0.2) is 54.6 Å². The number of rotatable bonds is 5. The van der Waals surface area contributed by atoms with E-state index in [-0.39, 0.29) is 11.9 Å². The Morgan fingerprint density at radius 3 is 2.40 bits per heavy atom. The van der Waals surface area contributed by atoms with Gasteiger partial charge in [0.2, 0.25) is 5.91 Å². The molecule has 2 aromatic rings. The molecular formula is C20H23ClN2O2. The van der Waals surface area contributed by atoms with Gasteiger partial charge in [-0.25, -0.2) is 0 Å². The Bertz CT molecular complexity index is 702. The summed E-state index contributed by atoms with van der Waals surface area (Å²) in [4.78, 5) is 15.0. The maximum Gasteiger partial charge on any atom is 0.244 e. The third kappa shape index (κ3) is 4.40. The third-order valence-corrected chi connectivity index (χ3v) is 4.84. The molecule has 1 heterocycles. The smallest absolute Gasteiger partial charge is 0.244 e. The summed E-state index contributed by atoms with van der Waals surface area (Å²) in [5, 5.41) is 4.17. The average Bonchev–Trinajstić information content (AvgIpc) is 2.67. The van der Waals surface area contributed by atoms with Crippen molar-refractivity contribution in [1.82, 2.24) is 10.2 Å². The molecule has 2 atom stereocenters. The molecule has 1 saturated heterocycles. The Kier molecular flexibility index (Phi) is 6.08. The minimum Gasteiger partial charge on any atom is -0.378 e. The lowest BCUT2D eigenvalue weighted by atomic mass is 10.0. The van der Waals surface area contributed by atoms with E-state index in [2.05, 4.69) is 5.32 Å². The third-order valence-electron chi connectivity index (χ3n) is 4.49. The fourth-order valence-corrected chi connectivity index (χ4v) is 3.39. The minimum absolute atomic E-state index is 0.0519. The second-order valence-corrected chi connectivity index (χ2v) is 6.60. The number of hydrogen-bond acceptors (Lipinski definition) is 3. The molecule has 0 aromatic heterocycles. The van der Waals surface area contributed by atoms with Gasteiger partial charge < -0.3 is 9.64 Å². The van der Waals surface area contributed by atoms with E-state index >= 15 is 0 Å². The molecule has 5 heteroatoms. The van der Waals surface area contributed by atoms with Crippen molar-refractivity contribution in [3.8, 4) is 0 Å². The summed E-state index contributed by atoms with van der Waals surface area (Å²) in [5.74, 6) is 0.0772. The van der Waals surface area contributed by atoms with Crippen LogP contribution in [0.5, 0.6) is 0 Å². The van der Waals surface area contributed by atoms with Gasteiger partial charge in [0.1, 0.15) is 6.04 Å². The lowest BCUT2D eigenvalue weighted by molar-refractivity contribution is -0.138. The summed E-state index contributed by atoms with van der Waals surface area (Å²) >= 11 is 6.32.